The second-order valence-electron chi connectivity index (χ2n) is 5.61. The highest BCUT2D eigenvalue weighted by molar-refractivity contribution is 5.57. The zero-order valence-corrected chi connectivity index (χ0v) is 11.7. The number of hydrogen-bond donors (Lipinski definition) is 2. The van der Waals surface area contributed by atoms with E-state index in [4.69, 9.17) is 4.42 Å². The van der Waals surface area contributed by atoms with E-state index in [0.717, 1.165) is 11.1 Å². The van der Waals surface area contributed by atoms with E-state index in [-0.39, 0.29) is 11.3 Å². The van der Waals surface area contributed by atoms with Crippen molar-refractivity contribution < 1.29 is 9.52 Å². The molecular formula is C14H19N3O2. The monoisotopic (exact) mass is 261 g/mol. The van der Waals surface area contributed by atoms with Gasteiger partial charge in [-0.25, -0.2) is 0 Å². The molecule has 2 rings (SSSR count). The average molecular weight is 261 g/mol. The van der Waals surface area contributed by atoms with E-state index in [1.165, 1.54) is 0 Å². The molecule has 1 aromatic heterocycles. The standard InChI is InChI=1S/C14H19N3O2/c1-9-5-6-10(7-11(9)18)13-17-16-12(19-13)8-15-14(2,3)4/h5-7,15,18H,8H2,1-4H3. The summed E-state index contributed by atoms with van der Waals surface area (Å²) in [5, 5.41) is 20.9. The number of aromatic hydroxyl groups is 1. The van der Waals surface area contributed by atoms with Gasteiger partial charge in [0.05, 0.1) is 6.54 Å². The first kappa shape index (κ1) is 13.5. The minimum absolute atomic E-state index is 0.00321. The van der Waals surface area contributed by atoms with Crippen LogP contribution in [0.15, 0.2) is 22.6 Å². The lowest BCUT2D eigenvalue weighted by Crippen LogP contribution is -2.35. The molecular weight excluding hydrogens is 242 g/mol. The number of benzene rings is 1. The lowest BCUT2D eigenvalue weighted by Gasteiger charge is -2.18. The SMILES string of the molecule is Cc1ccc(-c2nnc(CNC(C)(C)C)o2)cc1O. The lowest BCUT2D eigenvalue weighted by molar-refractivity contribution is 0.383. The lowest BCUT2D eigenvalue weighted by atomic mass is 10.1. The van der Waals surface area contributed by atoms with Gasteiger partial charge in [0.25, 0.3) is 0 Å². The van der Waals surface area contributed by atoms with Crippen LogP contribution in [-0.4, -0.2) is 20.8 Å². The zero-order chi connectivity index (χ0) is 14.0. The van der Waals surface area contributed by atoms with E-state index in [1.54, 1.807) is 6.07 Å². The fourth-order valence-electron chi connectivity index (χ4n) is 1.52. The Hall–Kier alpha value is -1.88. The Balaban J connectivity index is 2.14. The molecule has 0 atom stereocenters. The Kier molecular flexibility index (Phi) is 3.57. The van der Waals surface area contributed by atoms with Gasteiger partial charge in [-0.2, -0.15) is 0 Å². The Bertz CT molecular complexity index is 570. The first-order valence-corrected chi connectivity index (χ1v) is 6.22. The van der Waals surface area contributed by atoms with Crippen LogP contribution in [0.2, 0.25) is 0 Å². The minimum atomic E-state index is -0.00321. The summed E-state index contributed by atoms with van der Waals surface area (Å²) in [5.41, 5.74) is 1.53. The van der Waals surface area contributed by atoms with Crippen molar-refractivity contribution in [3.05, 3.63) is 29.7 Å². The molecule has 0 aliphatic heterocycles. The Labute approximate surface area is 112 Å². The van der Waals surface area contributed by atoms with Gasteiger partial charge in [-0.15, -0.1) is 10.2 Å². The van der Waals surface area contributed by atoms with Gasteiger partial charge in [-0.05, 0) is 45.4 Å². The maximum absolute atomic E-state index is 9.68. The number of aryl methyl sites for hydroxylation is 1. The van der Waals surface area contributed by atoms with Crippen LogP contribution in [-0.2, 0) is 6.54 Å². The highest BCUT2D eigenvalue weighted by Gasteiger charge is 2.13. The molecule has 2 N–H and O–H groups in total. The molecule has 1 heterocycles. The normalized spacial score (nSPS) is 11.8. The summed E-state index contributed by atoms with van der Waals surface area (Å²) >= 11 is 0. The number of nitrogens with one attached hydrogen (secondary N) is 1. The van der Waals surface area contributed by atoms with Gasteiger partial charge in [0, 0.05) is 11.1 Å². The maximum Gasteiger partial charge on any atom is 0.247 e. The van der Waals surface area contributed by atoms with E-state index in [2.05, 4.69) is 36.3 Å². The summed E-state index contributed by atoms with van der Waals surface area (Å²) in [6.45, 7) is 8.58. The molecule has 0 aliphatic carbocycles. The summed E-state index contributed by atoms with van der Waals surface area (Å²) in [6, 6.07) is 5.30. The molecule has 0 spiro atoms. The fourth-order valence-corrected chi connectivity index (χ4v) is 1.52. The van der Waals surface area contributed by atoms with Crippen molar-refractivity contribution in [1.82, 2.24) is 15.5 Å². The first-order chi connectivity index (χ1) is 8.85. The van der Waals surface area contributed by atoms with Gasteiger partial charge >= 0.3 is 0 Å². The van der Waals surface area contributed by atoms with Crippen LogP contribution in [0.4, 0.5) is 0 Å². The predicted octanol–water partition coefficient (Wildman–Crippen LogP) is 2.64. The van der Waals surface area contributed by atoms with Crippen LogP contribution >= 0.6 is 0 Å². The summed E-state index contributed by atoms with van der Waals surface area (Å²) < 4.78 is 5.56. The Morgan fingerprint density at radius 1 is 1.26 bits per heavy atom. The molecule has 0 saturated heterocycles. The zero-order valence-electron chi connectivity index (χ0n) is 11.7. The van der Waals surface area contributed by atoms with Gasteiger partial charge in [0.15, 0.2) is 0 Å². The van der Waals surface area contributed by atoms with Crippen molar-refractivity contribution in [2.45, 2.75) is 39.8 Å². The van der Waals surface area contributed by atoms with Gasteiger partial charge in [-0.1, -0.05) is 6.07 Å². The van der Waals surface area contributed by atoms with E-state index in [1.807, 2.05) is 19.1 Å². The molecule has 1 aromatic carbocycles. The highest BCUT2D eigenvalue weighted by atomic mass is 16.4. The fraction of sp³-hybridized carbons (Fsp3) is 0.429. The van der Waals surface area contributed by atoms with E-state index in [9.17, 15) is 5.11 Å². The third kappa shape index (κ3) is 3.54. The molecule has 0 aliphatic rings. The molecule has 0 saturated carbocycles. The number of hydrogen-bond acceptors (Lipinski definition) is 5. The van der Waals surface area contributed by atoms with Crippen LogP contribution < -0.4 is 5.32 Å². The van der Waals surface area contributed by atoms with Crippen LogP contribution in [0.1, 0.15) is 32.2 Å². The van der Waals surface area contributed by atoms with Gasteiger partial charge < -0.3 is 14.8 Å². The van der Waals surface area contributed by atoms with Crippen LogP contribution in [0.25, 0.3) is 11.5 Å². The Morgan fingerprint density at radius 2 is 2.00 bits per heavy atom. The van der Waals surface area contributed by atoms with Crippen molar-refractivity contribution in [2.75, 3.05) is 0 Å². The second-order valence-corrected chi connectivity index (χ2v) is 5.61. The number of nitrogens with zero attached hydrogens (tertiary/aromatic N) is 2. The third-order valence-electron chi connectivity index (χ3n) is 2.69. The highest BCUT2D eigenvalue weighted by Crippen LogP contribution is 2.25. The minimum Gasteiger partial charge on any atom is -0.508 e. The topological polar surface area (TPSA) is 71.2 Å². The third-order valence-corrected chi connectivity index (χ3v) is 2.69. The van der Waals surface area contributed by atoms with E-state index in [0.29, 0.717) is 18.3 Å². The van der Waals surface area contributed by atoms with Gasteiger partial charge in [0.2, 0.25) is 11.8 Å². The molecule has 19 heavy (non-hydrogen) atoms. The largest absolute Gasteiger partial charge is 0.508 e. The maximum atomic E-state index is 9.68. The number of rotatable bonds is 3. The molecule has 0 fully saturated rings. The van der Waals surface area contributed by atoms with Gasteiger partial charge in [0.1, 0.15) is 5.75 Å². The van der Waals surface area contributed by atoms with Gasteiger partial charge in [-0.3, -0.25) is 0 Å². The smallest absolute Gasteiger partial charge is 0.247 e. The molecule has 0 bridgehead atoms. The summed E-state index contributed by atoms with van der Waals surface area (Å²) in [7, 11) is 0. The average Bonchev–Trinajstić information content (AvgIpc) is 2.78. The van der Waals surface area contributed by atoms with Crippen LogP contribution in [0.3, 0.4) is 0 Å². The molecule has 2 aromatic rings. The van der Waals surface area contributed by atoms with Crippen molar-refractivity contribution in [3.63, 3.8) is 0 Å². The van der Waals surface area contributed by atoms with Crippen molar-refractivity contribution in [2.24, 2.45) is 0 Å². The second kappa shape index (κ2) is 5.01. The summed E-state index contributed by atoms with van der Waals surface area (Å²) in [6.07, 6.45) is 0. The van der Waals surface area contributed by atoms with E-state index >= 15 is 0 Å². The molecule has 5 heteroatoms. The van der Waals surface area contributed by atoms with Crippen molar-refractivity contribution >= 4 is 0 Å². The Morgan fingerprint density at radius 3 is 2.63 bits per heavy atom. The molecule has 0 amide bonds. The molecule has 0 unspecified atom stereocenters. The molecule has 0 radical (unpaired) electrons. The van der Waals surface area contributed by atoms with Crippen molar-refractivity contribution in [1.29, 1.82) is 0 Å². The van der Waals surface area contributed by atoms with Crippen LogP contribution in [0, 0.1) is 6.92 Å². The molecule has 5 nitrogen and oxygen atoms in total. The number of phenolic OH excluding ortho intramolecular Hbond substituents is 1. The van der Waals surface area contributed by atoms with E-state index < -0.39 is 0 Å². The summed E-state index contributed by atoms with van der Waals surface area (Å²) in [5.74, 6) is 1.18. The molecule has 102 valence electrons. The number of aromatic nitrogens is 2. The predicted molar refractivity (Wildman–Crippen MR) is 72.7 cm³/mol. The van der Waals surface area contributed by atoms with Crippen molar-refractivity contribution in [3.8, 4) is 17.2 Å². The first-order valence-electron chi connectivity index (χ1n) is 6.22. The summed E-state index contributed by atoms with van der Waals surface area (Å²) in [4.78, 5) is 0. The van der Waals surface area contributed by atoms with Crippen LogP contribution in [0.5, 0.6) is 5.75 Å². The number of phenols is 1. The quantitative estimate of drug-likeness (QED) is 0.888.